The molecule has 0 saturated heterocycles. The van der Waals surface area contributed by atoms with Crippen LogP contribution < -0.4 is 4.74 Å². The molecule has 16 heavy (non-hydrogen) atoms. The number of rotatable bonds is 3. The van der Waals surface area contributed by atoms with E-state index in [1.807, 2.05) is 31.2 Å². The molecule has 0 bridgehead atoms. The van der Waals surface area contributed by atoms with Gasteiger partial charge in [0.25, 0.3) is 5.97 Å². The van der Waals surface area contributed by atoms with E-state index in [-0.39, 0.29) is 0 Å². The largest absolute Gasteiger partial charge is 0.494 e. The molecule has 1 rings (SSSR count). The first-order valence-electron chi connectivity index (χ1n) is 5.07. The minimum Gasteiger partial charge on any atom is -0.494 e. The van der Waals surface area contributed by atoms with Crippen LogP contribution >= 0.6 is 0 Å². The van der Waals surface area contributed by atoms with Gasteiger partial charge in [0.2, 0.25) is 0 Å². The molecule has 0 saturated carbocycles. The number of hydrogen-bond donors (Lipinski definition) is 2. The lowest BCUT2D eigenvalue weighted by Gasteiger charge is -2.06. The van der Waals surface area contributed by atoms with Gasteiger partial charge in [-0.3, -0.25) is 4.79 Å². The molecule has 1 unspecified atom stereocenters. The molecular formula is C12H18O4. The lowest BCUT2D eigenvalue weighted by molar-refractivity contribution is -0.134. The molecule has 4 heteroatoms. The standard InChI is InChI=1S/C10H14O2.C2H4O2/c1-3-12-10-6-4-9(5-7-10)8(2)11;1-2(3)4/h4-8,11H,3H2,1-2H3;1H3,(H,3,4). The summed E-state index contributed by atoms with van der Waals surface area (Å²) >= 11 is 0. The summed E-state index contributed by atoms with van der Waals surface area (Å²) in [6.07, 6.45) is -0.402. The van der Waals surface area contributed by atoms with Crippen molar-refractivity contribution in [3.05, 3.63) is 29.8 Å². The van der Waals surface area contributed by atoms with Crippen LogP contribution in [0.3, 0.4) is 0 Å². The fraction of sp³-hybridized carbons (Fsp3) is 0.417. The number of hydrogen-bond acceptors (Lipinski definition) is 3. The van der Waals surface area contributed by atoms with Crippen LogP contribution in [0.4, 0.5) is 0 Å². The van der Waals surface area contributed by atoms with Crippen LogP contribution in [0.15, 0.2) is 24.3 Å². The van der Waals surface area contributed by atoms with Crippen molar-refractivity contribution in [1.29, 1.82) is 0 Å². The second-order valence-corrected chi connectivity index (χ2v) is 3.20. The molecule has 4 nitrogen and oxygen atoms in total. The minimum absolute atomic E-state index is 0.402. The highest BCUT2D eigenvalue weighted by Crippen LogP contribution is 2.16. The Balaban J connectivity index is 0.000000487. The summed E-state index contributed by atoms with van der Waals surface area (Å²) in [6, 6.07) is 7.47. The van der Waals surface area contributed by atoms with Gasteiger partial charge in [-0.25, -0.2) is 0 Å². The highest BCUT2D eigenvalue weighted by molar-refractivity contribution is 5.62. The third-order valence-corrected chi connectivity index (χ3v) is 1.67. The first-order valence-corrected chi connectivity index (χ1v) is 5.07. The molecule has 90 valence electrons. The molecule has 0 fully saturated rings. The van der Waals surface area contributed by atoms with Crippen molar-refractivity contribution < 1.29 is 19.7 Å². The van der Waals surface area contributed by atoms with Crippen molar-refractivity contribution in [3.8, 4) is 5.75 Å². The van der Waals surface area contributed by atoms with Gasteiger partial charge in [-0.05, 0) is 31.5 Å². The van der Waals surface area contributed by atoms with E-state index in [1.54, 1.807) is 6.92 Å². The zero-order valence-electron chi connectivity index (χ0n) is 9.80. The maximum atomic E-state index is 9.20. The number of aliphatic hydroxyl groups is 1. The van der Waals surface area contributed by atoms with E-state index in [4.69, 9.17) is 14.6 Å². The predicted octanol–water partition coefficient (Wildman–Crippen LogP) is 2.23. The minimum atomic E-state index is -0.833. The zero-order chi connectivity index (χ0) is 12.6. The van der Waals surface area contributed by atoms with E-state index in [0.29, 0.717) is 6.61 Å². The molecule has 0 aromatic heterocycles. The van der Waals surface area contributed by atoms with E-state index in [9.17, 15) is 5.11 Å². The molecule has 1 atom stereocenters. The molecule has 0 spiro atoms. The summed E-state index contributed by atoms with van der Waals surface area (Å²) in [5.74, 6) is 0.0156. The number of benzene rings is 1. The van der Waals surface area contributed by atoms with Gasteiger partial charge in [0.1, 0.15) is 5.75 Å². The maximum absolute atomic E-state index is 9.20. The van der Waals surface area contributed by atoms with Crippen molar-refractivity contribution in [2.75, 3.05) is 6.61 Å². The number of carboxylic acids is 1. The van der Waals surface area contributed by atoms with E-state index in [1.165, 1.54) is 0 Å². The van der Waals surface area contributed by atoms with Gasteiger partial charge < -0.3 is 14.9 Å². The molecule has 0 aliphatic carbocycles. The molecule has 0 radical (unpaired) electrons. The Kier molecular flexibility index (Phi) is 6.96. The van der Waals surface area contributed by atoms with Gasteiger partial charge in [0, 0.05) is 6.92 Å². The number of aliphatic hydroxyl groups excluding tert-OH is 1. The Morgan fingerprint density at radius 3 is 2.12 bits per heavy atom. The third kappa shape index (κ3) is 6.84. The second-order valence-electron chi connectivity index (χ2n) is 3.20. The van der Waals surface area contributed by atoms with Gasteiger partial charge >= 0.3 is 0 Å². The smallest absolute Gasteiger partial charge is 0.300 e. The van der Waals surface area contributed by atoms with Gasteiger partial charge in [0.15, 0.2) is 0 Å². The highest BCUT2D eigenvalue weighted by Gasteiger charge is 1.99. The van der Waals surface area contributed by atoms with E-state index < -0.39 is 12.1 Å². The van der Waals surface area contributed by atoms with Crippen LogP contribution in [-0.4, -0.2) is 22.8 Å². The Morgan fingerprint density at radius 1 is 1.38 bits per heavy atom. The lowest BCUT2D eigenvalue weighted by Crippen LogP contribution is -1.93. The predicted molar refractivity (Wildman–Crippen MR) is 61.6 cm³/mol. The number of ether oxygens (including phenoxy) is 1. The Hall–Kier alpha value is -1.55. The monoisotopic (exact) mass is 226 g/mol. The van der Waals surface area contributed by atoms with Gasteiger partial charge in [-0.1, -0.05) is 12.1 Å². The molecule has 0 aliphatic heterocycles. The van der Waals surface area contributed by atoms with Gasteiger partial charge in [-0.15, -0.1) is 0 Å². The fourth-order valence-electron chi connectivity index (χ4n) is 1.01. The Morgan fingerprint density at radius 2 is 1.81 bits per heavy atom. The van der Waals surface area contributed by atoms with Crippen molar-refractivity contribution >= 4 is 5.97 Å². The van der Waals surface area contributed by atoms with E-state index in [2.05, 4.69) is 0 Å². The summed E-state index contributed by atoms with van der Waals surface area (Å²) in [5.41, 5.74) is 0.915. The Labute approximate surface area is 95.5 Å². The third-order valence-electron chi connectivity index (χ3n) is 1.67. The van der Waals surface area contributed by atoms with Crippen molar-refractivity contribution in [3.63, 3.8) is 0 Å². The summed E-state index contributed by atoms with van der Waals surface area (Å²) in [5, 5.41) is 16.6. The topological polar surface area (TPSA) is 66.8 Å². The highest BCUT2D eigenvalue weighted by atomic mass is 16.5. The maximum Gasteiger partial charge on any atom is 0.300 e. The van der Waals surface area contributed by atoms with Crippen molar-refractivity contribution in [2.45, 2.75) is 26.9 Å². The quantitative estimate of drug-likeness (QED) is 0.829. The first-order chi connectivity index (χ1) is 7.47. The average molecular weight is 226 g/mol. The fourth-order valence-corrected chi connectivity index (χ4v) is 1.01. The van der Waals surface area contributed by atoms with E-state index >= 15 is 0 Å². The number of carboxylic acid groups (broad SMARTS) is 1. The summed E-state index contributed by atoms with van der Waals surface area (Å²) < 4.78 is 5.26. The van der Waals surface area contributed by atoms with Crippen LogP contribution in [0.5, 0.6) is 5.75 Å². The first kappa shape index (κ1) is 14.5. The van der Waals surface area contributed by atoms with Crippen LogP contribution in [0.1, 0.15) is 32.4 Å². The van der Waals surface area contributed by atoms with Gasteiger partial charge in [-0.2, -0.15) is 0 Å². The van der Waals surface area contributed by atoms with Crippen LogP contribution in [-0.2, 0) is 4.79 Å². The normalized spacial score (nSPS) is 11.0. The number of aliphatic carboxylic acids is 1. The number of carbonyl (C=O) groups is 1. The lowest BCUT2D eigenvalue weighted by atomic mass is 10.1. The molecule has 0 aliphatic rings. The summed E-state index contributed by atoms with van der Waals surface area (Å²) in [4.78, 5) is 9.00. The van der Waals surface area contributed by atoms with Crippen molar-refractivity contribution in [1.82, 2.24) is 0 Å². The van der Waals surface area contributed by atoms with Crippen molar-refractivity contribution in [2.24, 2.45) is 0 Å². The average Bonchev–Trinajstić information content (AvgIpc) is 2.18. The molecule has 2 N–H and O–H groups in total. The Bertz CT molecular complexity index is 299. The molecule has 0 amide bonds. The summed E-state index contributed by atoms with van der Waals surface area (Å²) in [6.45, 7) is 5.45. The zero-order valence-corrected chi connectivity index (χ0v) is 9.80. The van der Waals surface area contributed by atoms with Crippen LogP contribution in [0, 0.1) is 0 Å². The SMILES string of the molecule is CC(=O)O.CCOc1ccc(C(C)O)cc1. The molecular weight excluding hydrogens is 208 g/mol. The molecule has 1 aromatic carbocycles. The van der Waals surface area contributed by atoms with Crippen LogP contribution in [0.2, 0.25) is 0 Å². The molecule has 0 heterocycles. The van der Waals surface area contributed by atoms with E-state index in [0.717, 1.165) is 18.2 Å². The van der Waals surface area contributed by atoms with Crippen LogP contribution in [0.25, 0.3) is 0 Å². The molecule has 1 aromatic rings. The van der Waals surface area contributed by atoms with Gasteiger partial charge in [0.05, 0.1) is 12.7 Å². The second kappa shape index (κ2) is 7.70. The summed E-state index contributed by atoms with van der Waals surface area (Å²) in [7, 11) is 0.